The van der Waals surface area contributed by atoms with Gasteiger partial charge in [-0.25, -0.2) is 4.99 Å². The minimum Gasteiger partial charge on any atom is -0.407 e. The molecule has 0 spiro atoms. The summed E-state index contributed by atoms with van der Waals surface area (Å²) in [6.07, 6.45) is 0. The number of aliphatic imine (C=N–C) groups is 1. The van der Waals surface area contributed by atoms with Gasteiger partial charge in [0.1, 0.15) is 0 Å². The van der Waals surface area contributed by atoms with Crippen LogP contribution in [0.5, 0.6) is 0 Å². The monoisotopic (exact) mass is 245 g/mol. The van der Waals surface area contributed by atoms with E-state index in [2.05, 4.69) is 37.9 Å². The number of rotatable bonds is 1. The van der Waals surface area contributed by atoms with Crippen LogP contribution in [0.2, 0.25) is 0 Å². The van der Waals surface area contributed by atoms with Crippen molar-refractivity contribution in [3.05, 3.63) is 35.4 Å². The van der Waals surface area contributed by atoms with Crippen LogP contribution in [0.25, 0.3) is 0 Å². The van der Waals surface area contributed by atoms with Gasteiger partial charge in [-0.05, 0) is 23.1 Å². The first-order valence-electron chi connectivity index (χ1n) is 6.25. The van der Waals surface area contributed by atoms with Gasteiger partial charge in [0, 0.05) is 5.56 Å². The van der Waals surface area contributed by atoms with Gasteiger partial charge in [-0.1, -0.05) is 39.8 Å². The Morgan fingerprint density at radius 2 is 1.83 bits per heavy atom. The van der Waals surface area contributed by atoms with Gasteiger partial charge in [-0.2, -0.15) is 0 Å². The average Bonchev–Trinajstić information content (AvgIpc) is 2.32. The highest BCUT2D eigenvalue weighted by Crippen LogP contribution is 2.23. The number of hydrogen-bond donors (Lipinski definition) is 0. The lowest BCUT2D eigenvalue weighted by atomic mass is 9.87. The number of esters is 1. The van der Waals surface area contributed by atoms with Crippen LogP contribution < -0.4 is 0 Å². The highest BCUT2D eigenvalue weighted by molar-refractivity contribution is 6.02. The maximum Gasteiger partial charge on any atom is 0.317 e. The zero-order chi connectivity index (χ0) is 13.3. The molecule has 0 saturated heterocycles. The summed E-state index contributed by atoms with van der Waals surface area (Å²) >= 11 is 0. The summed E-state index contributed by atoms with van der Waals surface area (Å²) in [4.78, 5) is 15.8. The largest absolute Gasteiger partial charge is 0.407 e. The summed E-state index contributed by atoms with van der Waals surface area (Å²) in [5.74, 6) is 0.112. The smallest absolute Gasteiger partial charge is 0.317 e. The van der Waals surface area contributed by atoms with Crippen LogP contribution in [0.4, 0.5) is 0 Å². The molecule has 18 heavy (non-hydrogen) atoms. The van der Waals surface area contributed by atoms with Gasteiger partial charge >= 0.3 is 5.97 Å². The summed E-state index contributed by atoms with van der Waals surface area (Å²) in [6.45, 7) is 8.84. The van der Waals surface area contributed by atoms with Crippen LogP contribution in [0.3, 0.4) is 0 Å². The number of carbonyl (C=O) groups is 1. The third-order valence-electron chi connectivity index (χ3n) is 3.11. The lowest BCUT2D eigenvalue weighted by Gasteiger charge is -2.20. The summed E-state index contributed by atoms with van der Waals surface area (Å²) in [5, 5.41) is 0. The predicted octanol–water partition coefficient (Wildman–Crippen LogP) is 2.92. The first-order valence-corrected chi connectivity index (χ1v) is 6.25. The van der Waals surface area contributed by atoms with Crippen LogP contribution in [-0.2, 0) is 14.9 Å². The molecule has 1 atom stereocenters. The molecule has 0 N–H and O–H groups in total. The van der Waals surface area contributed by atoms with Gasteiger partial charge in [-0.15, -0.1) is 0 Å². The standard InChI is InChI=1S/C15H19NO2/c1-10-9-16-13(18-14(10)17)11-5-7-12(8-6-11)15(2,3)4/h5-8,10H,9H2,1-4H3/t10-/m1/s1. The molecule has 0 amide bonds. The van der Waals surface area contributed by atoms with E-state index in [-0.39, 0.29) is 17.3 Å². The number of cyclic esters (lactones) is 1. The third kappa shape index (κ3) is 2.61. The first-order chi connectivity index (χ1) is 8.38. The van der Waals surface area contributed by atoms with Crippen LogP contribution in [0, 0.1) is 5.92 Å². The van der Waals surface area contributed by atoms with E-state index in [1.54, 1.807) is 0 Å². The zero-order valence-corrected chi connectivity index (χ0v) is 11.4. The molecular weight excluding hydrogens is 226 g/mol. The molecule has 1 heterocycles. The normalized spacial score (nSPS) is 20.3. The third-order valence-corrected chi connectivity index (χ3v) is 3.11. The maximum atomic E-state index is 11.5. The lowest BCUT2D eigenvalue weighted by Crippen LogP contribution is -2.27. The molecule has 1 aromatic carbocycles. The Hall–Kier alpha value is -1.64. The average molecular weight is 245 g/mol. The minimum atomic E-state index is -0.195. The van der Waals surface area contributed by atoms with E-state index < -0.39 is 0 Å². The molecule has 0 radical (unpaired) electrons. The fraction of sp³-hybridized carbons (Fsp3) is 0.467. The summed E-state index contributed by atoms with van der Waals surface area (Å²) in [6, 6.07) is 8.04. The van der Waals surface area contributed by atoms with Crippen molar-refractivity contribution >= 4 is 11.9 Å². The van der Waals surface area contributed by atoms with Gasteiger partial charge in [0.05, 0.1) is 12.5 Å². The van der Waals surface area contributed by atoms with Crippen molar-refractivity contribution in [1.82, 2.24) is 0 Å². The van der Waals surface area contributed by atoms with Crippen molar-refractivity contribution in [3.8, 4) is 0 Å². The van der Waals surface area contributed by atoms with E-state index in [1.165, 1.54) is 5.56 Å². The Balaban J connectivity index is 2.23. The second-order valence-electron chi connectivity index (χ2n) is 5.80. The van der Waals surface area contributed by atoms with Crippen molar-refractivity contribution < 1.29 is 9.53 Å². The predicted molar refractivity (Wildman–Crippen MR) is 71.8 cm³/mol. The Morgan fingerprint density at radius 3 is 2.33 bits per heavy atom. The quantitative estimate of drug-likeness (QED) is 0.713. The van der Waals surface area contributed by atoms with Gasteiger partial charge in [-0.3, -0.25) is 4.79 Å². The van der Waals surface area contributed by atoms with Crippen molar-refractivity contribution in [3.63, 3.8) is 0 Å². The lowest BCUT2D eigenvalue weighted by molar-refractivity contribution is -0.140. The van der Waals surface area contributed by atoms with Gasteiger partial charge in [0.15, 0.2) is 0 Å². The minimum absolute atomic E-state index is 0.123. The Labute approximate surface area is 108 Å². The molecule has 96 valence electrons. The maximum absolute atomic E-state index is 11.5. The van der Waals surface area contributed by atoms with Crippen LogP contribution in [-0.4, -0.2) is 18.4 Å². The summed E-state index contributed by atoms with van der Waals surface area (Å²) in [5.41, 5.74) is 2.24. The second kappa shape index (κ2) is 4.56. The highest BCUT2D eigenvalue weighted by Gasteiger charge is 2.23. The first kappa shape index (κ1) is 12.8. The van der Waals surface area contributed by atoms with E-state index in [1.807, 2.05) is 19.1 Å². The zero-order valence-electron chi connectivity index (χ0n) is 11.4. The molecule has 1 aromatic rings. The number of ether oxygens (including phenoxy) is 1. The fourth-order valence-electron chi connectivity index (χ4n) is 1.79. The molecule has 0 unspecified atom stereocenters. The molecule has 2 rings (SSSR count). The molecule has 3 nitrogen and oxygen atoms in total. The summed E-state index contributed by atoms with van der Waals surface area (Å²) in [7, 11) is 0. The molecule has 0 bridgehead atoms. The number of benzene rings is 1. The van der Waals surface area contributed by atoms with Crippen molar-refractivity contribution in [2.45, 2.75) is 33.1 Å². The van der Waals surface area contributed by atoms with Crippen molar-refractivity contribution in [2.75, 3.05) is 6.54 Å². The number of carbonyl (C=O) groups excluding carboxylic acids is 1. The Kier molecular flexibility index (Phi) is 3.24. The molecule has 0 fully saturated rings. The van der Waals surface area contributed by atoms with Crippen LogP contribution >= 0.6 is 0 Å². The molecule has 1 aliphatic heterocycles. The SMILES string of the molecule is C[C@@H]1CN=C(c2ccc(C(C)(C)C)cc2)OC1=O. The number of nitrogens with zero attached hydrogens (tertiary/aromatic N) is 1. The van der Waals surface area contributed by atoms with Gasteiger partial charge in [0.25, 0.3) is 0 Å². The topological polar surface area (TPSA) is 38.7 Å². The second-order valence-corrected chi connectivity index (χ2v) is 5.80. The number of hydrogen-bond acceptors (Lipinski definition) is 3. The Morgan fingerprint density at radius 1 is 1.22 bits per heavy atom. The van der Waals surface area contributed by atoms with Gasteiger partial charge in [0.2, 0.25) is 5.90 Å². The van der Waals surface area contributed by atoms with Crippen LogP contribution in [0.1, 0.15) is 38.8 Å². The van der Waals surface area contributed by atoms with E-state index >= 15 is 0 Å². The fourth-order valence-corrected chi connectivity index (χ4v) is 1.79. The van der Waals surface area contributed by atoms with Gasteiger partial charge < -0.3 is 4.74 Å². The van der Waals surface area contributed by atoms with E-state index in [0.717, 1.165) is 5.56 Å². The van der Waals surface area contributed by atoms with E-state index in [4.69, 9.17) is 4.74 Å². The highest BCUT2D eigenvalue weighted by atomic mass is 16.5. The molecule has 0 aromatic heterocycles. The van der Waals surface area contributed by atoms with E-state index in [0.29, 0.717) is 12.4 Å². The van der Waals surface area contributed by atoms with Crippen LogP contribution in [0.15, 0.2) is 29.3 Å². The van der Waals surface area contributed by atoms with E-state index in [9.17, 15) is 4.79 Å². The molecule has 3 heteroatoms. The van der Waals surface area contributed by atoms with Crippen molar-refractivity contribution in [1.29, 1.82) is 0 Å². The molecular formula is C15H19NO2. The Bertz CT molecular complexity index is 480. The molecule has 1 aliphatic rings. The van der Waals surface area contributed by atoms with Crippen molar-refractivity contribution in [2.24, 2.45) is 10.9 Å². The molecule has 0 saturated carbocycles. The summed E-state index contributed by atoms with van der Waals surface area (Å²) < 4.78 is 5.22. The molecule has 0 aliphatic carbocycles.